The number of ketones is 2. The molecule has 1 rings (SSSR count). The molecule has 0 bridgehead atoms. The molecule has 3 nitrogen and oxygen atoms in total. The number of Topliss-reactive ketones (excluding diaryl/α,β-unsaturated/α-hetero) is 2. The van der Waals surface area contributed by atoms with Gasteiger partial charge in [-0.2, -0.15) is 0 Å². The van der Waals surface area contributed by atoms with Crippen molar-refractivity contribution in [2.24, 2.45) is 5.92 Å². The van der Waals surface area contributed by atoms with Crippen LogP contribution < -0.4 is 0 Å². The van der Waals surface area contributed by atoms with E-state index in [9.17, 15) is 14.4 Å². The smallest absolute Gasteiger partial charge is 0.150 e. The molecule has 1 aliphatic carbocycles. The third-order valence-corrected chi connectivity index (χ3v) is 1.45. The van der Waals surface area contributed by atoms with Crippen LogP contribution in [0.4, 0.5) is 0 Å². The lowest BCUT2D eigenvalue weighted by Gasteiger charge is -1.89. The Morgan fingerprint density at radius 3 is 1.89 bits per heavy atom. The van der Waals surface area contributed by atoms with Gasteiger partial charge in [0.05, 0.1) is 0 Å². The Bertz CT molecular complexity index is 155. The molecule has 3 heteroatoms. The zero-order valence-corrected chi connectivity index (χ0v) is 4.79. The van der Waals surface area contributed by atoms with Gasteiger partial charge in [-0.15, -0.1) is 0 Å². The van der Waals surface area contributed by atoms with E-state index in [4.69, 9.17) is 0 Å². The zero-order valence-electron chi connectivity index (χ0n) is 4.79. The summed E-state index contributed by atoms with van der Waals surface area (Å²) in [6, 6.07) is 0. The van der Waals surface area contributed by atoms with Crippen LogP contribution in [0.5, 0.6) is 0 Å². The summed E-state index contributed by atoms with van der Waals surface area (Å²) in [6.45, 7) is 0. The minimum absolute atomic E-state index is 0.227. The van der Waals surface area contributed by atoms with Gasteiger partial charge < -0.3 is 4.79 Å². The maximum Gasteiger partial charge on any atom is 0.150 e. The average Bonchev–Trinajstić information content (AvgIpc) is 2.12. The van der Waals surface area contributed by atoms with Crippen molar-refractivity contribution in [3.8, 4) is 0 Å². The van der Waals surface area contributed by atoms with Gasteiger partial charge in [0.25, 0.3) is 0 Å². The minimum Gasteiger partial charge on any atom is -0.302 e. The Balaban J connectivity index is 2.77. The summed E-state index contributed by atoms with van der Waals surface area (Å²) < 4.78 is 0. The zero-order chi connectivity index (χ0) is 6.85. The highest BCUT2D eigenvalue weighted by atomic mass is 16.2. The fourth-order valence-electron chi connectivity index (χ4n) is 0.889. The average molecular weight is 126 g/mol. The van der Waals surface area contributed by atoms with Crippen molar-refractivity contribution >= 4 is 17.9 Å². The first kappa shape index (κ1) is 6.13. The lowest BCUT2D eigenvalue weighted by atomic mass is 10.1. The molecule has 0 N–H and O–H groups in total. The molecular formula is C6H6O3. The highest BCUT2D eigenvalue weighted by molar-refractivity contribution is 6.18. The molecule has 0 aromatic rings. The SMILES string of the molecule is O=CC1C(=O)CCC1=O. The third-order valence-electron chi connectivity index (χ3n) is 1.45. The monoisotopic (exact) mass is 126 g/mol. The Morgan fingerprint density at radius 1 is 1.22 bits per heavy atom. The molecule has 0 radical (unpaired) electrons. The van der Waals surface area contributed by atoms with Crippen LogP contribution in [0.25, 0.3) is 0 Å². The molecule has 0 atom stereocenters. The number of carbonyl (C=O) groups excluding carboxylic acids is 3. The second-order valence-electron chi connectivity index (χ2n) is 2.05. The van der Waals surface area contributed by atoms with Crippen LogP contribution in [0.15, 0.2) is 0 Å². The van der Waals surface area contributed by atoms with Crippen molar-refractivity contribution in [1.82, 2.24) is 0 Å². The van der Waals surface area contributed by atoms with Gasteiger partial charge in [0.2, 0.25) is 0 Å². The molecule has 0 heterocycles. The molecule has 0 aromatic carbocycles. The van der Waals surface area contributed by atoms with Crippen LogP contribution in [-0.4, -0.2) is 17.9 Å². The largest absolute Gasteiger partial charge is 0.302 e. The molecule has 0 aliphatic heterocycles. The molecule has 0 aromatic heterocycles. The van der Waals surface area contributed by atoms with Crippen molar-refractivity contribution in [1.29, 1.82) is 0 Å². The number of hydrogen-bond donors (Lipinski definition) is 0. The minimum atomic E-state index is -0.926. The van der Waals surface area contributed by atoms with Gasteiger partial charge in [-0.25, -0.2) is 0 Å². The topological polar surface area (TPSA) is 51.2 Å². The van der Waals surface area contributed by atoms with E-state index in [1.807, 2.05) is 0 Å². The van der Waals surface area contributed by atoms with Crippen molar-refractivity contribution in [2.75, 3.05) is 0 Å². The van der Waals surface area contributed by atoms with Crippen LogP contribution in [-0.2, 0) is 14.4 Å². The van der Waals surface area contributed by atoms with E-state index < -0.39 is 5.92 Å². The van der Waals surface area contributed by atoms with Crippen LogP contribution in [0, 0.1) is 5.92 Å². The van der Waals surface area contributed by atoms with E-state index in [-0.39, 0.29) is 24.4 Å². The molecule has 0 spiro atoms. The van der Waals surface area contributed by atoms with E-state index >= 15 is 0 Å². The standard InChI is InChI=1S/C6H6O3/c7-3-4-5(8)1-2-6(4)9/h3-4H,1-2H2. The normalized spacial score (nSPS) is 20.9. The Kier molecular flexibility index (Phi) is 1.42. The second-order valence-corrected chi connectivity index (χ2v) is 2.05. The summed E-state index contributed by atoms with van der Waals surface area (Å²) in [7, 11) is 0. The fraction of sp³-hybridized carbons (Fsp3) is 0.500. The summed E-state index contributed by atoms with van der Waals surface area (Å²) in [6.07, 6.45) is 0.933. The molecule has 0 saturated heterocycles. The van der Waals surface area contributed by atoms with E-state index in [1.54, 1.807) is 0 Å². The lowest BCUT2D eigenvalue weighted by molar-refractivity contribution is -0.131. The van der Waals surface area contributed by atoms with Crippen molar-refractivity contribution in [2.45, 2.75) is 12.8 Å². The first-order valence-electron chi connectivity index (χ1n) is 2.76. The molecule has 1 fully saturated rings. The molecule has 1 aliphatic rings. The van der Waals surface area contributed by atoms with Crippen molar-refractivity contribution < 1.29 is 14.4 Å². The highest BCUT2D eigenvalue weighted by Gasteiger charge is 2.31. The Labute approximate surface area is 52.0 Å². The molecule has 9 heavy (non-hydrogen) atoms. The first-order valence-corrected chi connectivity index (χ1v) is 2.76. The summed E-state index contributed by atoms with van der Waals surface area (Å²) in [5.41, 5.74) is 0. The number of hydrogen-bond acceptors (Lipinski definition) is 3. The Hall–Kier alpha value is -0.990. The highest BCUT2D eigenvalue weighted by Crippen LogP contribution is 2.14. The van der Waals surface area contributed by atoms with E-state index in [1.165, 1.54) is 0 Å². The molecule has 0 unspecified atom stereocenters. The van der Waals surface area contributed by atoms with Gasteiger partial charge in [-0.05, 0) is 0 Å². The first-order chi connectivity index (χ1) is 4.25. The Morgan fingerprint density at radius 2 is 1.67 bits per heavy atom. The molecule has 48 valence electrons. The predicted molar refractivity (Wildman–Crippen MR) is 28.8 cm³/mol. The van der Waals surface area contributed by atoms with E-state index in [0.717, 1.165) is 0 Å². The van der Waals surface area contributed by atoms with Crippen LogP contribution in [0.3, 0.4) is 0 Å². The van der Waals surface area contributed by atoms with Crippen molar-refractivity contribution in [3.05, 3.63) is 0 Å². The van der Waals surface area contributed by atoms with Gasteiger partial charge >= 0.3 is 0 Å². The van der Waals surface area contributed by atoms with Gasteiger partial charge in [0, 0.05) is 12.8 Å². The maximum atomic E-state index is 10.6. The third kappa shape index (κ3) is 0.896. The number of aldehydes is 1. The maximum absolute atomic E-state index is 10.6. The quantitative estimate of drug-likeness (QED) is 0.359. The molecule has 0 amide bonds. The van der Waals surface area contributed by atoms with E-state index in [0.29, 0.717) is 6.29 Å². The summed E-state index contributed by atoms with van der Waals surface area (Å²) in [4.78, 5) is 31.1. The van der Waals surface area contributed by atoms with E-state index in [2.05, 4.69) is 0 Å². The summed E-state index contributed by atoms with van der Waals surface area (Å²) in [5, 5.41) is 0. The van der Waals surface area contributed by atoms with Crippen LogP contribution in [0.1, 0.15) is 12.8 Å². The number of rotatable bonds is 1. The van der Waals surface area contributed by atoms with Crippen LogP contribution >= 0.6 is 0 Å². The predicted octanol–water partition coefficient (Wildman–Crippen LogP) is -0.267. The summed E-state index contributed by atoms with van der Waals surface area (Å²) in [5.74, 6) is -1.38. The summed E-state index contributed by atoms with van der Waals surface area (Å²) >= 11 is 0. The van der Waals surface area contributed by atoms with Gasteiger partial charge in [0.1, 0.15) is 12.2 Å². The van der Waals surface area contributed by atoms with Crippen LogP contribution in [0.2, 0.25) is 0 Å². The van der Waals surface area contributed by atoms with Crippen molar-refractivity contribution in [3.63, 3.8) is 0 Å². The van der Waals surface area contributed by atoms with Gasteiger partial charge in [0.15, 0.2) is 11.6 Å². The fourth-order valence-corrected chi connectivity index (χ4v) is 0.889. The second kappa shape index (κ2) is 2.09. The molecular weight excluding hydrogens is 120 g/mol. The van der Waals surface area contributed by atoms with Gasteiger partial charge in [-0.3, -0.25) is 9.59 Å². The van der Waals surface area contributed by atoms with Gasteiger partial charge in [-0.1, -0.05) is 0 Å². The molecule has 1 saturated carbocycles. The lowest BCUT2D eigenvalue weighted by Crippen LogP contribution is -2.14. The number of carbonyl (C=O) groups is 3.